The van der Waals surface area contributed by atoms with Crippen LogP contribution in [0.2, 0.25) is 0 Å². The number of sulfonamides is 1. The maximum absolute atomic E-state index is 13.3. The van der Waals surface area contributed by atoms with Gasteiger partial charge in [-0.3, -0.25) is 0 Å². The van der Waals surface area contributed by atoms with Crippen molar-refractivity contribution in [2.24, 2.45) is 0 Å². The Morgan fingerprint density at radius 2 is 1.62 bits per heavy atom. The normalized spacial score (nSPS) is 17.2. The van der Waals surface area contributed by atoms with Gasteiger partial charge in [-0.1, -0.05) is 48.0 Å². The zero-order valence-corrected chi connectivity index (χ0v) is 18.9. The van der Waals surface area contributed by atoms with Gasteiger partial charge in [-0.15, -0.1) is 0 Å². The molecule has 7 nitrogen and oxygen atoms in total. The summed E-state index contributed by atoms with van der Waals surface area (Å²) in [6.07, 6.45) is 0.556. The van der Waals surface area contributed by atoms with Crippen LogP contribution in [0.5, 0.6) is 0 Å². The van der Waals surface area contributed by atoms with Gasteiger partial charge >= 0.3 is 0 Å². The third-order valence-electron chi connectivity index (χ3n) is 6.00. The molecule has 2 aliphatic heterocycles. The molecule has 2 aromatic carbocycles. The molecule has 1 fully saturated rings. The summed E-state index contributed by atoms with van der Waals surface area (Å²) in [4.78, 5) is 12.3. The molecule has 0 atom stereocenters. The van der Waals surface area contributed by atoms with Crippen LogP contribution in [0.15, 0.2) is 59.5 Å². The highest BCUT2D eigenvalue weighted by molar-refractivity contribution is 7.89. The number of ether oxygens (including phenoxy) is 1. The van der Waals surface area contributed by atoms with Crippen molar-refractivity contribution in [2.45, 2.75) is 24.8 Å². The van der Waals surface area contributed by atoms with Gasteiger partial charge in [-0.2, -0.15) is 4.31 Å². The van der Waals surface area contributed by atoms with Crippen LogP contribution in [-0.4, -0.2) is 55.5 Å². The molecule has 0 saturated carbocycles. The third-order valence-corrected chi connectivity index (χ3v) is 7.86. The quantitative estimate of drug-likeness (QED) is 0.608. The zero-order valence-electron chi connectivity index (χ0n) is 18.1. The van der Waals surface area contributed by atoms with E-state index in [0.29, 0.717) is 36.9 Å². The molecule has 5 rings (SSSR count). The summed E-state index contributed by atoms with van der Waals surface area (Å²) in [7, 11) is -3.60. The lowest BCUT2D eigenvalue weighted by molar-refractivity contribution is 0.122. The van der Waals surface area contributed by atoms with E-state index in [1.807, 2.05) is 49.4 Å². The van der Waals surface area contributed by atoms with E-state index < -0.39 is 10.0 Å². The standard InChI is InChI=1S/C24H26N4O3S/c1-18-7-9-20(10-8-18)32(29,30)28-12-11-22-21(17-28)24(27-13-15-31-16-14-27)26-23(25-22)19-5-3-2-4-6-19/h2-10H,11-17H2,1H3. The molecule has 0 aliphatic carbocycles. The molecule has 0 amide bonds. The molecule has 8 heteroatoms. The van der Waals surface area contributed by atoms with Gasteiger partial charge in [0.15, 0.2) is 5.82 Å². The lowest BCUT2D eigenvalue weighted by atomic mass is 10.1. The summed E-state index contributed by atoms with van der Waals surface area (Å²) in [5.74, 6) is 1.50. The molecular formula is C24H26N4O3S. The number of nitrogens with zero attached hydrogens (tertiary/aromatic N) is 4. The minimum Gasteiger partial charge on any atom is -0.378 e. The van der Waals surface area contributed by atoms with Gasteiger partial charge in [0.25, 0.3) is 0 Å². The summed E-state index contributed by atoms with van der Waals surface area (Å²) in [6, 6.07) is 16.9. The number of aryl methyl sites for hydroxylation is 1. The summed E-state index contributed by atoms with van der Waals surface area (Å²) in [6.45, 7) is 5.33. The van der Waals surface area contributed by atoms with E-state index in [2.05, 4.69) is 4.90 Å². The molecule has 3 heterocycles. The van der Waals surface area contributed by atoms with E-state index in [1.165, 1.54) is 0 Å². The highest BCUT2D eigenvalue weighted by Gasteiger charge is 2.32. The minimum absolute atomic E-state index is 0.271. The molecule has 0 N–H and O–H groups in total. The summed E-state index contributed by atoms with van der Waals surface area (Å²) >= 11 is 0. The van der Waals surface area contributed by atoms with Gasteiger partial charge in [0.05, 0.1) is 23.8 Å². The van der Waals surface area contributed by atoms with Crippen LogP contribution in [0.1, 0.15) is 16.8 Å². The number of benzene rings is 2. The highest BCUT2D eigenvalue weighted by atomic mass is 32.2. The van der Waals surface area contributed by atoms with Gasteiger partial charge in [0.2, 0.25) is 10.0 Å². The Kier molecular flexibility index (Phi) is 5.67. The van der Waals surface area contributed by atoms with Gasteiger partial charge in [0, 0.05) is 43.7 Å². The SMILES string of the molecule is Cc1ccc(S(=O)(=O)N2CCc3nc(-c4ccccc4)nc(N4CCOCC4)c3C2)cc1. The maximum Gasteiger partial charge on any atom is 0.243 e. The molecule has 1 saturated heterocycles. The van der Waals surface area contributed by atoms with Crippen LogP contribution in [-0.2, 0) is 27.7 Å². The Bertz CT molecular complexity index is 1210. The van der Waals surface area contributed by atoms with Gasteiger partial charge in [-0.05, 0) is 19.1 Å². The predicted octanol–water partition coefficient (Wildman–Crippen LogP) is 3.04. The first-order valence-corrected chi connectivity index (χ1v) is 12.3. The summed E-state index contributed by atoms with van der Waals surface area (Å²) < 4.78 is 33.8. The first-order chi connectivity index (χ1) is 15.5. The number of fused-ring (bicyclic) bond motifs is 1. The largest absolute Gasteiger partial charge is 0.378 e. The van der Waals surface area contributed by atoms with Crippen LogP contribution in [0, 0.1) is 6.92 Å². The third kappa shape index (κ3) is 4.01. The van der Waals surface area contributed by atoms with Crippen molar-refractivity contribution in [3.8, 4) is 11.4 Å². The van der Waals surface area contributed by atoms with Crippen LogP contribution in [0.25, 0.3) is 11.4 Å². The molecule has 3 aromatic rings. The van der Waals surface area contributed by atoms with E-state index in [4.69, 9.17) is 14.7 Å². The minimum atomic E-state index is -3.60. The first kappa shape index (κ1) is 21.1. The molecular weight excluding hydrogens is 424 g/mol. The Labute approximate surface area is 188 Å². The number of hydrogen-bond acceptors (Lipinski definition) is 6. The number of aromatic nitrogens is 2. The lowest BCUT2D eigenvalue weighted by Gasteiger charge is -2.34. The van der Waals surface area contributed by atoms with Crippen molar-refractivity contribution < 1.29 is 13.2 Å². The molecule has 2 aliphatic rings. The molecule has 0 radical (unpaired) electrons. The van der Waals surface area contributed by atoms with Crippen molar-refractivity contribution in [1.82, 2.24) is 14.3 Å². The van der Waals surface area contributed by atoms with Crippen LogP contribution in [0.4, 0.5) is 5.82 Å². The monoisotopic (exact) mass is 450 g/mol. The Hall–Kier alpha value is -2.81. The Balaban J connectivity index is 1.55. The van der Waals surface area contributed by atoms with Crippen molar-refractivity contribution >= 4 is 15.8 Å². The lowest BCUT2D eigenvalue weighted by Crippen LogP contribution is -2.41. The van der Waals surface area contributed by atoms with Crippen molar-refractivity contribution in [3.63, 3.8) is 0 Å². The molecule has 166 valence electrons. The predicted molar refractivity (Wildman–Crippen MR) is 123 cm³/mol. The van der Waals surface area contributed by atoms with E-state index >= 15 is 0 Å². The first-order valence-electron chi connectivity index (χ1n) is 10.9. The van der Waals surface area contributed by atoms with Crippen LogP contribution in [0.3, 0.4) is 0 Å². The molecule has 1 aromatic heterocycles. The van der Waals surface area contributed by atoms with Crippen molar-refractivity contribution in [1.29, 1.82) is 0 Å². The fourth-order valence-corrected chi connectivity index (χ4v) is 5.60. The topological polar surface area (TPSA) is 75.6 Å². The summed E-state index contributed by atoms with van der Waals surface area (Å²) in [5.41, 5.74) is 3.81. The smallest absolute Gasteiger partial charge is 0.243 e. The Morgan fingerprint density at radius 3 is 2.34 bits per heavy atom. The maximum atomic E-state index is 13.3. The number of anilines is 1. The van der Waals surface area contributed by atoms with Crippen molar-refractivity contribution in [3.05, 3.63) is 71.4 Å². The van der Waals surface area contributed by atoms with E-state index in [9.17, 15) is 8.42 Å². The van der Waals surface area contributed by atoms with Gasteiger partial charge in [0.1, 0.15) is 5.82 Å². The highest BCUT2D eigenvalue weighted by Crippen LogP contribution is 2.32. The number of morpholine rings is 1. The molecule has 0 spiro atoms. The van der Waals surface area contributed by atoms with E-state index in [-0.39, 0.29) is 6.54 Å². The fourth-order valence-electron chi connectivity index (χ4n) is 4.19. The average molecular weight is 451 g/mol. The second kappa shape index (κ2) is 8.61. The Morgan fingerprint density at radius 1 is 0.906 bits per heavy atom. The average Bonchev–Trinajstić information content (AvgIpc) is 2.84. The second-order valence-electron chi connectivity index (χ2n) is 8.16. The van der Waals surface area contributed by atoms with Crippen molar-refractivity contribution in [2.75, 3.05) is 37.7 Å². The van der Waals surface area contributed by atoms with Gasteiger partial charge in [-0.25, -0.2) is 18.4 Å². The zero-order chi connectivity index (χ0) is 22.1. The van der Waals surface area contributed by atoms with E-state index in [0.717, 1.165) is 41.3 Å². The fraction of sp³-hybridized carbons (Fsp3) is 0.333. The molecule has 32 heavy (non-hydrogen) atoms. The summed E-state index contributed by atoms with van der Waals surface area (Å²) in [5, 5.41) is 0. The number of hydrogen-bond donors (Lipinski definition) is 0. The van der Waals surface area contributed by atoms with Crippen LogP contribution >= 0.6 is 0 Å². The molecule has 0 unspecified atom stereocenters. The molecule has 0 bridgehead atoms. The van der Waals surface area contributed by atoms with Crippen LogP contribution < -0.4 is 4.90 Å². The van der Waals surface area contributed by atoms with Gasteiger partial charge < -0.3 is 9.64 Å². The van der Waals surface area contributed by atoms with E-state index in [1.54, 1.807) is 16.4 Å². The number of rotatable bonds is 4. The second-order valence-corrected chi connectivity index (χ2v) is 10.1.